The van der Waals surface area contributed by atoms with Gasteiger partial charge in [0.2, 0.25) is 0 Å². The standard InChI is InChI=1S/C10H17FO2/c1-3-10(11)6-4-9(2,5-7-10)8(12)13/h3-7H2,1-2H3,(H,12,13). The summed E-state index contributed by atoms with van der Waals surface area (Å²) in [6.45, 7) is 3.54. The summed E-state index contributed by atoms with van der Waals surface area (Å²) < 4.78 is 13.7. The highest BCUT2D eigenvalue weighted by Crippen LogP contribution is 2.44. The van der Waals surface area contributed by atoms with Crippen molar-refractivity contribution in [3.63, 3.8) is 0 Å². The first-order valence-corrected chi connectivity index (χ1v) is 4.84. The maximum absolute atomic E-state index is 13.7. The molecule has 0 bridgehead atoms. The molecule has 0 saturated heterocycles. The molecule has 76 valence electrons. The highest BCUT2D eigenvalue weighted by molar-refractivity contribution is 5.74. The van der Waals surface area contributed by atoms with Crippen LogP contribution in [-0.4, -0.2) is 16.7 Å². The molecule has 13 heavy (non-hydrogen) atoms. The van der Waals surface area contributed by atoms with E-state index < -0.39 is 17.1 Å². The van der Waals surface area contributed by atoms with Crippen LogP contribution in [0, 0.1) is 5.41 Å². The molecule has 1 saturated carbocycles. The van der Waals surface area contributed by atoms with Gasteiger partial charge in [-0.3, -0.25) is 4.79 Å². The molecule has 0 aromatic carbocycles. The van der Waals surface area contributed by atoms with E-state index in [1.165, 1.54) is 0 Å². The third kappa shape index (κ3) is 2.01. The van der Waals surface area contributed by atoms with E-state index in [1.54, 1.807) is 6.92 Å². The van der Waals surface area contributed by atoms with Gasteiger partial charge in [0.1, 0.15) is 5.67 Å². The van der Waals surface area contributed by atoms with Crippen LogP contribution in [0.15, 0.2) is 0 Å². The number of aliphatic carboxylic acids is 1. The van der Waals surface area contributed by atoms with E-state index in [0.29, 0.717) is 32.1 Å². The first-order valence-electron chi connectivity index (χ1n) is 4.84. The van der Waals surface area contributed by atoms with E-state index in [-0.39, 0.29) is 0 Å². The Balaban J connectivity index is 2.61. The second kappa shape index (κ2) is 3.28. The predicted molar refractivity (Wildman–Crippen MR) is 48.3 cm³/mol. The van der Waals surface area contributed by atoms with Crippen molar-refractivity contribution in [1.29, 1.82) is 0 Å². The van der Waals surface area contributed by atoms with Gasteiger partial charge in [0.05, 0.1) is 5.41 Å². The third-order valence-electron chi connectivity index (χ3n) is 3.40. The van der Waals surface area contributed by atoms with Gasteiger partial charge >= 0.3 is 5.97 Å². The third-order valence-corrected chi connectivity index (χ3v) is 3.40. The number of hydrogen-bond donors (Lipinski definition) is 1. The molecule has 0 spiro atoms. The zero-order valence-electron chi connectivity index (χ0n) is 8.27. The van der Waals surface area contributed by atoms with Crippen molar-refractivity contribution < 1.29 is 14.3 Å². The average Bonchev–Trinajstić information content (AvgIpc) is 2.11. The monoisotopic (exact) mass is 188 g/mol. The maximum atomic E-state index is 13.7. The van der Waals surface area contributed by atoms with Gasteiger partial charge in [-0.1, -0.05) is 6.92 Å². The van der Waals surface area contributed by atoms with Crippen LogP contribution in [0.2, 0.25) is 0 Å². The van der Waals surface area contributed by atoms with Crippen LogP contribution in [0.3, 0.4) is 0 Å². The zero-order valence-corrected chi connectivity index (χ0v) is 8.27. The van der Waals surface area contributed by atoms with Crippen LogP contribution >= 0.6 is 0 Å². The molecule has 1 fully saturated rings. The van der Waals surface area contributed by atoms with Crippen LogP contribution in [0.5, 0.6) is 0 Å². The Bertz CT molecular complexity index is 205. The van der Waals surface area contributed by atoms with Crippen LogP contribution in [0.4, 0.5) is 4.39 Å². The van der Waals surface area contributed by atoms with Gasteiger partial charge in [0.25, 0.3) is 0 Å². The van der Waals surface area contributed by atoms with E-state index in [9.17, 15) is 9.18 Å². The Morgan fingerprint density at radius 1 is 1.38 bits per heavy atom. The summed E-state index contributed by atoms with van der Waals surface area (Å²) in [6, 6.07) is 0. The lowest BCUT2D eigenvalue weighted by Crippen LogP contribution is -2.38. The number of rotatable bonds is 2. The smallest absolute Gasteiger partial charge is 0.309 e. The number of carbonyl (C=O) groups is 1. The second-order valence-electron chi connectivity index (χ2n) is 4.37. The molecule has 1 rings (SSSR count). The second-order valence-corrected chi connectivity index (χ2v) is 4.37. The molecule has 2 nitrogen and oxygen atoms in total. The lowest BCUT2D eigenvalue weighted by Gasteiger charge is -2.37. The summed E-state index contributed by atoms with van der Waals surface area (Å²) in [5.74, 6) is -0.786. The lowest BCUT2D eigenvalue weighted by molar-refractivity contribution is -0.151. The summed E-state index contributed by atoms with van der Waals surface area (Å²) in [6.07, 6.45) is 2.22. The Hall–Kier alpha value is -0.600. The van der Waals surface area contributed by atoms with Gasteiger partial charge < -0.3 is 5.11 Å². The molecule has 0 unspecified atom stereocenters. The summed E-state index contributed by atoms with van der Waals surface area (Å²) in [5.41, 5.74) is -1.79. The van der Waals surface area contributed by atoms with Crippen molar-refractivity contribution >= 4 is 5.97 Å². The van der Waals surface area contributed by atoms with E-state index in [4.69, 9.17) is 5.11 Å². The molecule has 3 heteroatoms. The van der Waals surface area contributed by atoms with Gasteiger partial charge in [-0.25, -0.2) is 4.39 Å². The SMILES string of the molecule is CCC1(F)CCC(C)(C(=O)O)CC1. The molecule has 0 amide bonds. The average molecular weight is 188 g/mol. The predicted octanol–water partition coefficient (Wildman–Crippen LogP) is 2.77. The van der Waals surface area contributed by atoms with Gasteiger partial charge in [-0.05, 0) is 39.0 Å². The minimum atomic E-state index is -1.10. The van der Waals surface area contributed by atoms with Crippen molar-refractivity contribution in [3.05, 3.63) is 0 Å². The topological polar surface area (TPSA) is 37.3 Å². The lowest BCUT2D eigenvalue weighted by atomic mass is 9.70. The maximum Gasteiger partial charge on any atom is 0.309 e. The Kier molecular flexibility index (Phi) is 2.64. The Morgan fingerprint density at radius 2 is 1.85 bits per heavy atom. The van der Waals surface area contributed by atoms with Gasteiger partial charge in [0.15, 0.2) is 0 Å². The molecule has 1 aliphatic carbocycles. The highest BCUT2D eigenvalue weighted by Gasteiger charge is 2.43. The van der Waals surface area contributed by atoms with Crippen LogP contribution < -0.4 is 0 Å². The Labute approximate surface area is 78.1 Å². The molecule has 0 aliphatic heterocycles. The zero-order chi connectivity index (χ0) is 10.1. The highest BCUT2D eigenvalue weighted by atomic mass is 19.1. The molecule has 0 radical (unpaired) electrons. The van der Waals surface area contributed by atoms with Crippen molar-refractivity contribution in [2.75, 3.05) is 0 Å². The molecule has 1 aliphatic rings. The molecular formula is C10H17FO2. The van der Waals surface area contributed by atoms with E-state index in [1.807, 2.05) is 6.92 Å². The van der Waals surface area contributed by atoms with Crippen molar-refractivity contribution in [2.24, 2.45) is 5.41 Å². The first kappa shape index (κ1) is 10.5. The molecule has 1 N–H and O–H groups in total. The van der Waals surface area contributed by atoms with E-state index >= 15 is 0 Å². The summed E-state index contributed by atoms with van der Waals surface area (Å²) >= 11 is 0. The van der Waals surface area contributed by atoms with Crippen molar-refractivity contribution in [1.82, 2.24) is 0 Å². The summed E-state index contributed by atoms with van der Waals surface area (Å²) in [5, 5.41) is 8.92. The van der Waals surface area contributed by atoms with Crippen LogP contribution in [0.25, 0.3) is 0 Å². The quantitative estimate of drug-likeness (QED) is 0.723. The number of hydrogen-bond acceptors (Lipinski definition) is 1. The molecule has 0 atom stereocenters. The Morgan fingerprint density at radius 3 is 2.15 bits per heavy atom. The van der Waals surface area contributed by atoms with Gasteiger partial charge in [-0.15, -0.1) is 0 Å². The number of halogens is 1. The normalized spacial score (nSPS) is 40.2. The number of carboxylic acid groups (broad SMARTS) is 1. The molecule has 0 aromatic rings. The van der Waals surface area contributed by atoms with Gasteiger partial charge in [0, 0.05) is 0 Å². The number of carboxylic acids is 1. The van der Waals surface area contributed by atoms with Crippen LogP contribution in [-0.2, 0) is 4.79 Å². The number of alkyl halides is 1. The largest absolute Gasteiger partial charge is 0.481 e. The summed E-state index contributed by atoms with van der Waals surface area (Å²) in [7, 11) is 0. The van der Waals surface area contributed by atoms with Crippen molar-refractivity contribution in [2.45, 2.75) is 51.6 Å². The van der Waals surface area contributed by atoms with E-state index in [0.717, 1.165) is 0 Å². The fourth-order valence-electron chi connectivity index (χ4n) is 1.82. The fourth-order valence-corrected chi connectivity index (χ4v) is 1.82. The van der Waals surface area contributed by atoms with Crippen molar-refractivity contribution in [3.8, 4) is 0 Å². The fraction of sp³-hybridized carbons (Fsp3) is 0.900. The summed E-state index contributed by atoms with van der Waals surface area (Å²) in [4.78, 5) is 10.9. The van der Waals surface area contributed by atoms with Gasteiger partial charge in [-0.2, -0.15) is 0 Å². The minimum absolute atomic E-state index is 0.395. The molecule has 0 aromatic heterocycles. The molecular weight excluding hydrogens is 171 g/mol. The van der Waals surface area contributed by atoms with Crippen LogP contribution in [0.1, 0.15) is 46.0 Å². The minimum Gasteiger partial charge on any atom is -0.481 e. The first-order chi connectivity index (χ1) is 5.92. The molecule has 0 heterocycles. The van der Waals surface area contributed by atoms with E-state index in [2.05, 4.69) is 0 Å².